The highest BCUT2D eigenvalue weighted by Crippen LogP contribution is 2.07. The van der Waals surface area contributed by atoms with Crippen molar-refractivity contribution in [1.82, 2.24) is 0 Å². The molecule has 0 nitrogen and oxygen atoms in total. The third-order valence-corrected chi connectivity index (χ3v) is 1.92. The Morgan fingerprint density at radius 2 is 2.00 bits per heavy atom. The molecule has 0 aliphatic heterocycles. The lowest BCUT2D eigenvalue weighted by molar-refractivity contribution is 0.938. The summed E-state index contributed by atoms with van der Waals surface area (Å²) in [5.41, 5.74) is 1.39. The Bertz CT molecular complexity index is 175. The molecule has 0 rings (SSSR count). The molecule has 0 aromatic rings. The van der Waals surface area contributed by atoms with Crippen LogP contribution in [0.3, 0.4) is 0 Å². The van der Waals surface area contributed by atoms with E-state index in [0.717, 1.165) is 18.6 Å². The topological polar surface area (TPSA) is 0 Å². The Morgan fingerprint density at radius 1 is 1.25 bits per heavy atom. The molecule has 0 fully saturated rings. The molecule has 0 aliphatic carbocycles. The third kappa shape index (κ3) is 6.29. The quantitative estimate of drug-likeness (QED) is 0.485. The second kappa shape index (κ2) is 8.66. The highest BCUT2D eigenvalue weighted by Gasteiger charge is 1.88. The van der Waals surface area contributed by atoms with E-state index in [2.05, 4.69) is 37.8 Å². The largest absolute Gasteiger partial charge is 0.179 e. The molecule has 0 N–H and O–H groups in total. The van der Waals surface area contributed by atoms with Gasteiger partial charge in [0.05, 0.1) is 0 Å². The minimum atomic E-state index is 0.967. The number of hydrogen-bond acceptors (Lipinski definition) is 1. The van der Waals surface area contributed by atoms with Gasteiger partial charge >= 0.3 is 0 Å². The molecular weight excluding hydrogens is 164 g/mol. The predicted octanol–water partition coefficient (Wildman–Crippen LogP) is 3.78. The first-order chi connectivity index (χ1) is 5.85. The summed E-state index contributed by atoms with van der Waals surface area (Å²) in [6.07, 6.45) is 12.8. The predicted molar refractivity (Wildman–Crippen MR) is 60.8 cm³/mol. The van der Waals surface area contributed by atoms with Crippen molar-refractivity contribution >= 4 is 12.6 Å². The van der Waals surface area contributed by atoms with Crippen LogP contribution in [0.25, 0.3) is 0 Å². The monoisotopic (exact) mass is 182 g/mol. The molecular formula is C11H18S. The Balaban J connectivity index is 3.84. The summed E-state index contributed by atoms with van der Waals surface area (Å²) < 4.78 is 0. The Morgan fingerprint density at radius 3 is 2.50 bits per heavy atom. The molecule has 0 bridgehead atoms. The lowest BCUT2D eigenvalue weighted by Crippen LogP contribution is -1.80. The molecule has 0 spiro atoms. The zero-order valence-corrected chi connectivity index (χ0v) is 8.85. The van der Waals surface area contributed by atoms with Crippen LogP contribution >= 0.6 is 12.6 Å². The molecule has 0 aromatic heterocycles. The minimum absolute atomic E-state index is 0.967. The van der Waals surface area contributed by atoms with Gasteiger partial charge in [0.15, 0.2) is 0 Å². The maximum Gasteiger partial charge on any atom is -0.00947 e. The zero-order valence-electron chi connectivity index (χ0n) is 7.96. The van der Waals surface area contributed by atoms with Gasteiger partial charge in [-0.05, 0) is 32.4 Å². The summed E-state index contributed by atoms with van der Waals surface area (Å²) in [5, 5.41) is 0. The fraction of sp³-hybridized carbons (Fsp3) is 0.455. The first-order valence-corrected chi connectivity index (χ1v) is 5.03. The number of hydrogen-bond donors (Lipinski definition) is 1. The molecule has 0 radical (unpaired) electrons. The maximum absolute atomic E-state index is 4.18. The fourth-order valence-corrected chi connectivity index (χ4v) is 1.06. The molecule has 0 aliphatic rings. The van der Waals surface area contributed by atoms with E-state index in [0.29, 0.717) is 0 Å². The molecule has 0 aromatic carbocycles. The molecule has 0 atom stereocenters. The number of rotatable bonds is 5. The van der Waals surface area contributed by atoms with Crippen molar-refractivity contribution in [3.05, 3.63) is 36.0 Å². The molecule has 0 amide bonds. The van der Waals surface area contributed by atoms with Crippen molar-refractivity contribution in [2.45, 2.75) is 26.7 Å². The van der Waals surface area contributed by atoms with Crippen LogP contribution in [0.4, 0.5) is 0 Å². The summed E-state index contributed by atoms with van der Waals surface area (Å²) in [7, 11) is 0. The average molecular weight is 182 g/mol. The summed E-state index contributed by atoms with van der Waals surface area (Å²) >= 11 is 4.18. The zero-order chi connectivity index (χ0) is 9.23. The molecule has 12 heavy (non-hydrogen) atoms. The van der Waals surface area contributed by atoms with Crippen molar-refractivity contribution in [2.24, 2.45) is 0 Å². The van der Waals surface area contributed by atoms with Gasteiger partial charge in [-0.2, -0.15) is 12.6 Å². The number of thiol groups is 1. The van der Waals surface area contributed by atoms with Crippen molar-refractivity contribution in [3.63, 3.8) is 0 Å². The summed E-state index contributed by atoms with van der Waals surface area (Å²) in [5.74, 6) is 0.967. The van der Waals surface area contributed by atoms with E-state index in [1.54, 1.807) is 0 Å². The van der Waals surface area contributed by atoms with Crippen LogP contribution in [0.1, 0.15) is 26.7 Å². The summed E-state index contributed by atoms with van der Waals surface area (Å²) in [6.45, 7) is 4.10. The summed E-state index contributed by atoms with van der Waals surface area (Å²) in [4.78, 5) is 0. The van der Waals surface area contributed by atoms with Crippen LogP contribution in [0.15, 0.2) is 36.0 Å². The highest BCUT2D eigenvalue weighted by molar-refractivity contribution is 7.80. The van der Waals surface area contributed by atoms with Gasteiger partial charge in [0, 0.05) is 0 Å². The van der Waals surface area contributed by atoms with Gasteiger partial charge in [-0.1, -0.05) is 36.0 Å². The SMILES string of the molecule is C\C=C/C=C\C(=C/C)CCCS. The smallest absolute Gasteiger partial charge is 0.00947 e. The maximum atomic E-state index is 4.18. The van der Waals surface area contributed by atoms with Crippen LogP contribution in [-0.4, -0.2) is 5.75 Å². The fourth-order valence-electron chi connectivity index (χ4n) is 0.897. The van der Waals surface area contributed by atoms with Crippen molar-refractivity contribution < 1.29 is 0 Å². The molecule has 0 saturated heterocycles. The molecule has 0 unspecified atom stereocenters. The molecule has 68 valence electrons. The first-order valence-electron chi connectivity index (χ1n) is 4.40. The van der Waals surface area contributed by atoms with Crippen LogP contribution in [-0.2, 0) is 0 Å². The Labute approximate surface area is 81.5 Å². The third-order valence-electron chi connectivity index (χ3n) is 1.61. The second-order valence-electron chi connectivity index (χ2n) is 2.58. The number of allylic oxidation sites excluding steroid dienone is 6. The normalized spacial score (nSPS) is 13.4. The van der Waals surface area contributed by atoms with Gasteiger partial charge in [0.2, 0.25) is 0 Å². The lowest BCUT2D eigenvalue weighted by atomic mass is 10.1. The Kier molecular flexibility index (Phi) is 8.35. The summed E-state index contributed by atoms with van der Waals surface area (Å²) in [6, 6.07) is 0. The van der Waals surface area contributed by atoms with Crippen molar-refractivity contribution in [2.75, 3.05) is 5.75 Å². The van der Waals surface area contributed by atoms with Crippen molar-refractivity contribution in [1.29, 1.82) is 0 Å². The van der Waals surface area contributed by atoms with Gasteiger partial charge < -0.3 is 0 Å². The van der Waals surface area contributed by atoms with Crippen LogP contribution in [0.5, 0.6) is 0 Å². The lowest BCUT2D eigenvalue weighted by Gasteiger charge is -1.97. The first kappa shape index (κ1) is 11.6. The van der Waals surface area contributed by atoms with Crippen LogP contribution < -0.4 is 0 Å². The van der Waals surface area contributed by atoms with E-state index in [1.807, 2.05) is 19.1 Å². The van der Waals surface area contributed by atoms with Gasteiger partial charge in [0.25, 0.3) is 0 Å². The van der Waals surface area contributed by atoms with E-state index in [4.69, 9.17) is 0 Å². The van der Waals surface area contributed by atoms with Gasteiger partial charge in [-0.3, -0.25) is 0 Å². The molecule has 0 saturated carbocycles. The van der Waals surface area contributed by atoms with E-state index in [-0.39, 0.29) is 0 Å². The van der Waals surface area contributed by atoms with Crippen molar-refractivity contribution in [3.8, 4) is 0 Å². The van der Waals surface area contributed by atoms with Gasteiger partial charge in [-0.15, -0.1) is 0 Å². The van der Waals surface area contributed by atoms with E-state index < -0.39 is 0 Å². The molecule has 1 heteroatoms. The average Bonchev–Trinajstić information content (AvgIpc) is 2.11. The molecule has 0 heterocycles. The minimum Gasteiger partial charge on any atom is -0.179 e. The van der Waals surface area contributed by atoms with Gasteiger partial charge in [-0.25, -0.2) is 0 Å². The highest BCUT2D eigenvalue weighted by atomic mass is 32.1. The van der Waals surface area contributed by atoms with E-state index >= 15 is 0 Å². The standard InChI is InChI=1S/C11H18S/c1-3-5-6-8-11(4-2)9-7-10-12/h3-6,8,12H,7,9-10H2,1-2H3/b5-3-,8-6-,11-4+. The Hall–Kier alpha value is -0.430. The van der Waals surface area contributed by atoms with E-state index in [9.17, 15) is 0 Å². The van der Waals surface area contributed by atoms with Crippen LogP contribution in [0, 0.1) is 0 Å². The van der Waals surface area contributed by atoms with Gasteiger partial charge in [0.1, 0.15) is 0 Å². The van der Waals surface area contributed by atoms with Crippen LogP contribution in [0.2, 0.25) is 0 Å². The van der Waals surface area contributed by atoms with E-state index in [1.165, 1.54) is 5.57 Å². The second-order valence-corrected chi connectivity index (χ2v) is 3.02.